The van der Waals surface area contributed by atoms with Gasteiger partial charge in [0.25, 0.3) is 5.91 Å². The summed E-state index contributed by atoms with van der Waals surface area (Å²) in [5.41, 5.74) is 2.09. The molecule has 0 fully saturated rings. The lowest BCUT2D eigenvalue weighted by Gasteiger charge is -2.03. The highest BCUT2D eigenvalue weighted by atomic mass is 16.1. The van der Waals surface area contributed by atoms with Gasteiger partial charge < -0.3 is 5.32 Å². The van der Waals surface area contributed by atoms with Crippen LogP contribution in [0, 0.1) is 11.3 Å². The molecule has 1 amide bonds. The smallest absolute Gasteiger partial charge is 0.262 e. The standard InChI is InChI=1S/C19H16N2O/c20-14-18(13-7-12-16-8-3-1-4-9-16)19(22)21-15-17-10-5-2-6-11-17/h1-13H,15H2,(H,21,22)/b12-7+,18-13-. The van der Waals surface area contributed by atoms with Crippen molar-refractivity contribution in [2.45, 2.75) is 6.54 Å². The average Bonchev–Trinajstić information content (AvgIpc) is 2.58. The van der Waals surface area contributed by atoms with E-state index in [2.05, 4.69) is 5.32 Å². The van der Waals surface area contributed by atoms with Crippen LogP contribution in [0.2, 0.25) is 0 Å². The third kappa shape index (κ3) is 4.77. The van der Waals surface area contributed by atoms with Crippen molar-refractivity contribution in [3.8, 4) is 6.07 Å². The second-order valence-electron chi connectivity index (χ2n) is 4.63. The topological polar surface area (TPSA) is 52.9 Å². The molecule has 2 aromatic rings. The van der Waals surface area contributed by atoms with Gasteiger partial charge in [-0.3, -0.25) is 4.79 Å². The van der Waals surface area contributed by atoms with Crippen molar-refractivity contribution in [2.24, 2.45) is 0 Å². The number of benzene rings is 2. The number of hydrogen-bond donors (Lipinski definition) is 1. The SMILES string of the molecule is N#C/C(=C/C=C/c1ccccc1)C(=O)NCc1ccccc1. The van der Waals surface area contributed by atoms with Crippen molar-refractivity contribution in [1.82, 2.24) is 5.32 Å². The van der Waals surface area contributed by atoms with Gasteiger partial charge in [-0.2, -0.15) is 5.26 Å². The summed E-state index contributed by atoms with van der Waals surface area (Å²) in [6, 6.07) is 21.2. The van der Waals surface area contributed by atoms with Gasteiger partial charge in [0.1, 0.15) is 11.6 Å². The van der Waals surface area contributed by atoms with E-state index in [1.165, 1.54) is 6.08 Å². The van der Waals surface area contributed by atoms with E-state index in [1.54, 1.807) is 6.08 Å². The predicted molar refractivity (Wildman–Crippen MR) is 87.5 cm³/mol. The summed E-state index contributed by atoms with van der Waals surface area (Å²) >= 11 is 0. The van der Waals surface area contributed by atoms with Crippen molar-refractivity contribution < 1.29 is 4.79 Å². The molecule has 0 radical (unpaired) electrons. The number of nitrogens with one attached hydrogen (secondary N) is 1. The quantitative estimate of drug-likeness (QED) is 0.520. The number of allylic oxidation sites excluding steroid dienone is 2. The molecule has 22 heavy (non-hydrogen) atoms. The highest BCUT2D eigenvalue weighted by Gasteiger charge is 2.06. The van der Waals surface area contributed by atoms with Crippen LogP contribution >= 0.6 is 0 Å². The highest BCUT2D eigenvalue weighted by Crippen LogP contribution is 2.03. The van der Waals surface area contributed by atoms with Crippen molar-refractivity contribution in [3.05, 3.63) is 89.5 Å². The molecule has 0 saturated carbocycles. The maximum atomic E-state index is 12.0. The first-order valence-electron chi connectivity index (χ1n) is 6.95. The Morgan fingerprint density at radius 1 is 1.05 bits per heavy atom. The normalized spacial score (nSPS) is 11.1. The predicted octanol–water partition coefficient (Wildman–Crippen LogP) is 3.47. The van der Waals surface area contributed by atoms with Crippen LogP contribution < -0.4 is 5.32 Å². The first-order valence-corrected chi connectivity index (χ1v) is 6.95. The molecule has 0 aliphatic heterocycles. The molecule has 108 valence electrons. The second kappa shape index (κ2) is 8.23. The molecule has 0 aliphatic carbocycles. The molecule has 2 rings (SSSR count). The van der Waals surface area contributed by atoms with Gasteiger partial charge in [-0.1, -0.05) is 72.8 Å². The lowest BCUT2D eigenvalue weighted by Crippen LogP contribution is -2.23. The Balaban J connectivity index is 1.95. The summed E-state index contributed by atoms with van der Waals surface area (Å²) in [4.78, 5) is 12.0. The number of rotatable bonds is 5. The Morgan fingerprint density at radius 2 is 1.68 bits per heavy atom. The van der Waals surface area contributed by atoms with Gasteiger partial charge in [-0.05, 0) is 17.2 Å². The minimum absolute atomic E-state index is 0.0862. The summed E-state index contributed by atoms with van der Waals surface area (Å²) < 4.78 is 0. The van der Waals surface area contributed by atoms with Crippen LogP contribution in [0.4, 0.5) is 0 Å². The third-order valence-corrected chi connectivity index (χ3v) is 3.01. The van der Waals surface area contributed by atoms with E-state index in [0.717, 1.165) is 11.1 Å². The zero-order valence-corrected chi connectivity index (χ0v) is 12.1. The first kappa shape index (κ1) is 15.3. The summed E-state index contributed by atoms with van der Waals surface area (Å²) in [5, 5.41) is 11.8. The molecular formula is C19H16N2O. The Kier molecular flexibility index (Phi) is 5.71. The van der Waals surface area contributed by atoms with E-state index in [1.807, 2.05) is 72.8 Å². The molecule has 3 nitrogen and oxygen atoms in total. The molecule has 0 aliphatic rings. The number of carbonyl (C=O) groups is 1. The second-order valence-corrected chi connectivity index (χ2v) is 4.63. The fraction of sp³-hybridized carbons (Fsp3) is 0.0526. The monoisotopic (exact) mass is 288 g/mol. The highest BCUT2D eigenvalue weighted by molar-refractivity contribution is 5.97. The fourth-order valence-corrected chi connectivity index (χ4v) is 1.86. The molecule has 0 aromatic heterocycles. The summed E-state index contributed by atoms with van der Waals surface area (Å²) in [6.07, 6.45) is 5.07. The molecule has 0 unspecified atom stereocenters. The lowest BCUT2D eigenvalue weighted by molar-refractivity contribution is -0.117. The van der Waals surface area contributed by atoms with Gasteiger partial charge in [0.05, 0.1) is 0 Å². The largest absolute Gasteiger partial charge is 0.347 e. The number of nitriles is 1. The fourth-order valence-electron chi connectivity index (χ4n) is 1.86. The average molecular weight is 288 g/mol. The van der Waals surface area contributed by atoms with Crippen LogP contribution in [0.25, 0.3) is 6.08 Å². The molecule has 0 bridgehead atoms. The van der Waals surface area contributed by atoms with Gasteiger partial charge in [-0.25, -0.2) is 0 Å². The van der Waals surface area contributed by atoms with Gasteiger partial charge in [0.15, 0.2) is 0 Å². The maximum absolute atomic E-state index is 12.0. The number of hydrogen-bond acceptors (Lipinski definition) is 2. The van der Waals surface area contributed by atoms with Crippen LogP contribution in [0.5, 0.6) is 0 Å². The molecule has 1 N–H and O–H groups in total. The van der Waals surface area contributed by atoms with E-state index in [4.69, 9.17) is 5.26 Å². The summed E-state index contributed by atoms with van der Waals surface area (Å²) in [5.74, 6) is -0.371. The molecule has 3 heteroatoms. The summed E-state index contributed by atoms with van der Waals surface area (Å²) in [6.45, 7) is 0.404. The molecule has 2 aromatic carbocycles. The minimum Gasteiger partial charge on any atom is -0.347 e. The molecule has 0 spiro atoms. The van der Waals surface area contributed by atoms with Gasteiger partial charge in [0.2, 0.25) is 0 Å². The molecule has 0 saturated heterocycles. The van der Waals surface area contributed by atoms with Crippen molar-refractivity contribution >= 4 is 12.0 Å². The third-order valence-electron chi connectivity index (χ3n) is 3.01. The number of amides is 1. The Morgan fingerprint density at radius 3 is 2.32 bits per heavy atom. The van der Waals surface area contributed by atoms with Gasteiger partial charge in [-0.15, -0.1) is 0 Å². The van der Waals surface area contributed by atoms with Crippen LogP contribution in [0.3, 0.4) is 0 Å². The Hall–Kier alpha value is -3.12. The summed E-state index contributed by atoms with van der Waals surface area (Å²) in [7, 11) is 0. The Labute approximate surface area is 130 Å². The number of carbonyl (C=O) groups excluding carboxylic acids is 1. The van der Waals surface area contributed by atoms with E-state index >= 15 is 0 Å². The van der Waals surface area contributed by atoms with Gasteiger partial charge in [0, 0.05) is 6.54 Å². The Bertz CT molecular complexity index is 710. The molecule has 0 heterocycles. The van der Waals surface area contributed by atoms with E-state index in [0.29, 0.717) is 6.54 Å². The van der Waals surface area contributed by atoms with E-state index in [-0.39, 0.29) is 11.5 Å². The van der Waals surface area contributed by atoms with E-state index < -0.39 is 0 Å². The lowest BCUT2D eigenvalue weighted by atomic mass is 10.2. The van der Waals surface area contributed by atoms with Crippen LogP contribution in [0.1, 0.15) is 11.1 Å². The van der Waals surface area contributed by atoms with Crippen molar-refractivity contribution in [1.29, 1.82) is 5.26 Å². The van der Waals surface area contributed by atoms with Crippen molar-refractivity contribution in [2.75, 3.05) is 0 Å². The van der Waals surface area contributed by atoms with Crippen LogP contribution in [-0.2, 0) is 11.3 Å². The van der Waals surface area contributed by atoms with E-state index in [9.17, 15) is 4.79 Å². The zero-order valence-electron chi connectivity index (χ0n) is 12.1. The first-order chi connectivity index (χ1) is 10.8. The minimum atomic E-state index is -0.371. The van der Waals surface area contributed by atoms with Crippen molar-refractivity contribution in [3.63, 3.8) is 0 Å². The van der Waals surface area contributed by atoms with Crippen LogP contribution in [0.15, 0.2) is 78.4 Å². The zero-order chi connectivity index (χ0) is 15.6. The molecular weight excluding hydrogens is 272 g/mol. The van der Waals surface area contributed by atoms with Gasteiger partial charge >= 0.3 is 0 Å². The van der Waals surface area contributed by atoms with Crippen LogP contribution in [-0.4, -0.2) is 5.91 Å². The number of nitrogens with zero attached hydrogens (tertiary/aromatic N) is 1. The maximum Gasteiger partial charge on any atom is 0.262 e. The molecule has 0 atom stereocenters.